The molecule has 0 atom stereocenters. The summed E-state index contributed by atoms with van der Waals surface area (Å²) in [6.45, 7) is 8.49. The summed E-state index contributed by atoms with van der Waals surface area (Å²) in [4.78, 5) is 22.9. The van der Waals surface area contributed by atoms with Crippen molar-refractivity contribution < 1.29 is 9.72 Å². The van der Waals surface area contributed by atoms with Gasteiger partial charge in [0.15, 0.2) is 0 Å². The van der Waals surface area contributed by atoms with E-state index < -0.39 is 16.4 Å². The van der Waals surface area contributed by atoms with Gasteiger partial charge in [0.2, 0.25) is 0 Å². The zero-order chi connectivity index (χ0) is 16.0. The summed E-state index contributed by atoms with van der Waals surface area (Å²) in [7, 11) is 0. The lowest BCUT2D eigenvalue weighted by molar-refractivity contribution is -0.385. The van der Waals surface area contributed by atoms with Gasteiger partial charge in [-0.15, -0.1) is 0 Å². The molecule has 1 aromatic carbocycles. The Morgan fingerprint density at radius 1 is 1.33 bits per heavy atom. The molecule has 0 aliphatic carbocycles. The molecule has 6 heteroatoms. The molecule has 2 N–H and O–H groups in total. The van der Waals surface area contributed by atoms with Gasteiger partial charge in [-0.2, -0.15) is 0 Å². The maximum Gasteiger partial charge on any atom is 0.282 e. The Balaban J connectivity index is 3.11. The van der Waals surface area contributed by atoms with E-state index >= 15 is 0 Å². The predicted octanol–water partition coefficient (Wildman–Crippen LogP) is 3.34. The van der Waals surface area contributed by atoms with Crippen LogP contribution in [0.5, 0.6) is 0 Å². The van der Waals surface area contributed by atoms with Gasteiger partial charge in [-0.25, -0.2) is 0 Å². The topological polar surface area (TPSA) is 84.3 Å². The summed E-state index contributed by atoms with van der Waals surface area (Å²) in [5.74, 6) is -0.423. The van der Waals surface area contributed by atoms with Crippen LogP contribution in [0.2, 0.25) is 0 Å². The minimum atomic E-state index is -0.530. The van der Waals surface area contributed by atoms with E-state index in [0.717, 1.165) is 19.4 Å². The lowest BCUT2D eigenvalue weighted by atomic mass is 10.0. The predicted molar refractivity (Wildman–Crippen MR) is 83.7 cm³/mol. The van der Waals surface area contributed by atoms with E-state index in [4.69, 9.17) is 0 Å². The van der Waals surface area contributed by atoms with Crippen LogP contribution in [-0.4, -0.2) is 22.9 Å². The molecule has 0 heterocycles. The molecule has 1 amide bonds. The number of anilines is 1. The lowest BCUT2D eigenvalue weighted by Crippen LogP contribution is -2.43. The van der Waals surface area contributed by atoms with Gasteiger partial charge in [-0.3, -0.25) is 14.9 Å². The standard InChI is InChI=1S/C15H23N3O3/c1-5-9-16-11-7-8-13(18(20)21)12(10-11)14(19)17-15(3,4)6-2/h7-8,10,16H,5-6,9H2,1-4H3,(H,17,19). The number of nitro benzene ring substituents is 1. The monoisotopic (exact) mass is 293 g/mol. The van der Waals surface area contributed by atoms with Gasteiger partial charge in [-0.05, 0) is 38.8 Å². The number of hydrogen-bond acceptors (Lipinski definition) is 4. The molecule has 0 radical (unpaired) electrons. The fourth-order valence-electron chi connectivity index (χ4n) is 1.72. The number of benzene rings is 1. The number of hydrogen-bond donors (Lipinski definition) is 2. The second-order valence-corrected chi connectivity index (χ2v) is 5.61. The Labute approximate surface area is 125 Å². The first-order valence-corrected chi connectivity index (χ1v) is 7.15. The fraction of sp³-hybridized carbons (Fsp3) is 0.533. The van der Waals surface area contributed by atoms with Crippen LogP contribution in [0.15, 0.2) is 18.2 Å². The summed E-state index contributed by atoms with van der Waals surface area (Å²) in [5.41, 5.74) is 0.212. The van der Waals surface area contributed by atoms with Crippen molar-refractivity contribution in [2.75, 3.05) is 11.9 Å². The molecular formula is C15H23N3O3. The van der Waals surface area contributed by atoms with Gasteiger partial charge in [0, 0.05) is 23.8 Å². The molecule has 1 aromatic rings. The minimum Gasteiger partial charge on any atom is -0.385 e. The summed E-state index contributed by atoms with van der Waals surface area (Å²) >= 11 is 0. The molecule has 0 bridgehead atoms. The van der Waals surface area contributed by atoms with Gasteiger partial charge in [0.25, 0.3) is 11.6 Å². The van der Waals surface area contributed by atoms with E-state index in [1.165, 1.54) is 12.1 Å². The van der Waals surface area contributed by atoms with E-state index in [1.807, 2.05) is 27.7 Å². The fourth-order valence-corrected chi connectivity index (χ4v) is 1.72. The van der Waals surface area contributed by atoms with Crippen LogP contribution < -0.4 is 10.6 Å². The van der Waals surface area contributed by atoms with Crippen LogP contribution in [-0.2, 0) is 0 Å². The van der Waals surface area contributed by atoms with Gasteiger partial charge in [-0.1, -0.05) is 13.8 Å². The first-order valence-electron chi connectivity index (χ1n) is 7.15. The van der Waals surface area contributed by atoms with Gasteiger partial charge >= 0.3 is 0 Å². The SMILES string of the molecule is CCCNc1ccc([N+](=O)[O-])c(C(=O)NC(C)(C)CC)c1. The summed E-state index contributed by atoms with van der Waals surface area (Å²) < 4.78 is 0. The van der Waals surface area contributed by atoms with Crippen molar-refractivity contribution in [3.63, 3.8) is 0 Å². The van der Waals surface area contributed by atoms with Crippen molar-refractivity contribution in [3.05, 3.63) is 33.9 Å². The average Bonchev–Trinajstić information content (AvgIpc) is 2.44. The molecule has 116 valence electrons. The summed E-state index contributed by atoms with van der Waals surface area (Å²) in [6, 6.07) is 4.52. The molecule has 0 saturated carbocycles. The number of carbonyl (C=O) groups is 1. The highest BCUT2D eigenvalue weighted by Gasteiger charge is 2.25. The van der Waals surface area contributed by atoms with Gasteiger partial charge < -0.3 is 10.6 Å². The van der Waals surface area contributed by atoms with E-state index in [-0.39, 0.29) is 11.3 Å². The van der Waals surface area contributed by atoms with Crippen molar-refractivity contribution in [1.82, 2.24) is 5.32 Å². The first-order chi connectivity index (χ1) is 9.80. The zero-order valence-corrected chi connectivity index (χ0v) is 13.0. The molecule has 0 aliphatic rings. The number of nitro groups is 1. The Hall–Kier alpha value is -2.11. The molecule has 21 heavy (non-hydrogen) atoms. The Kier molecular flexibility index (Phi) is 5.69. The highest BCUT2D eigenvalue weighted by atomic mass is 16.6. The first kappa shape index (κ1) is 16.9. The number of nitrogens with zero attached hydrogens (tertiary/aromatic N) is 1. The molecular weight excluding hydrogens is 270 g/mol. The molecule has 0 fully saturated rings. The van der Waals surface area contributed by atoms with Crippen LogP contribution in [0, 0.1) is 10.1 Å². The third kappa shape index (κ3) is 4.73. The van der Waals surface area contributed by atoms with Crippen molar-refractivity contribution in [2.24, 2.45) is 0 Å². The number of nitrogens with one attached hydrogen (secondary N) is 2. The molecule has 0 aliphatic heterocycles. The molecule has 0 unspecified atom stereocenters. The average molecular weight is 293 g/mol. The summed E-state index contributed by atoms with van der Waals surface area (Å²) in [5, 5.41) is 17.1. The van der Waals surface area contributed by atoms with Gasteiger partial charge in [0.05, 0.1) is 4.92 Å². The van der Waals surface area contributed by atoms with E-state index in [9.17, 15) is 14.9 Å². The van der Waals surface area contributed by atoms with Crippen LogP contribution in [0.4, 0.5) is 11.4 Å². The molecule has 0 spiro atoms. The highest BCUT2D eigenvalue weighted by Crippen LogP contribution is 2.23. The number of rotatable bonds is 7. The third-order valence-corrected chi connectivity index (χ3v) is 3.35. The van der Waals surface area contributed by atoms with Crippen LogP contribution in [0.1, 0.15) is 50.9 Å². The van der Waals surface area contributed by atoms with E-state index in [1.54, 1.807) is 6.07 Å². The number of carbonyl (C=O) groups excluding carboxylic acids is 1. The Morgan fingerprint density at radius 3 is 2.52 bits per heavy atom. The van der Waals surface area contributed by atoms with Crippen molar-refractivity contribution in [2.45, 2.75) is 46.1 Å². The molecule has 0 saturated heterocycles. The zero-order valence-electron chi connectivity index (χ0n) is 13.0. The Bertz CT molecular complexity index is 527. The molecule has 6 nitrogen and oxygen atoms in total. The van der Waals surface area contributed by atoms with Crippen molar-refractivity contribution in [3.8, 4) is 0 Å². The van der Waals surface area contributed by atoms with Crippen molar-refractivity contribution in [1.29, 1.82) is 0 Å². The lowest BCUT2D eigenvalue weighted by Gasteiger charge is -2.24. The van der Waals surface area contributed by atoms with Crippen LogP contribution >= 0.6 is 0 Å². The van der Waals surface area contributed by atoms with Crippen LogP contribution in [0.3, 0.4) is 0 Å². The van der Waals surface area contributed by atoms with Crippen LogP contribution in [0.25, 0.3) is 0 Å². The molecule has 0 aromatic heterocycles. The van der Waals surface area contributed by atoms with E-state index in [2.05, 4.69) is 10.6 Å². The minimum absolute atomic E-state index is 0.0858. The molecule has 1 rings (SSSR count). The largest absolute Gasteiger partial charge is 0.385 e. The normalized spacial score (nSPS) is 11.0. The maximum absolute atomic E-state index is 12.3. The number of amides is 1. The van der Waals surface area contributed by atoms with E-state index in [0.29, 0.717) is 5.69 Å². The Morgan fingerprint density at radius 2 is 2.00 bits per heavy atom. The summed E-state index contributed by atoms with van der Waals surface area (Å²) in [6.07, 6.45) is 1.67. The smallest absolute Gasteiger partial charge is 0.282 e. The third-order valence-electron chi connectivity index (χ3n) is 3.35. The van der Waals surface area contributed by atoms with Crippen molar-refractivity contribution >= 4 is 17.3 Å². The van der Waals surface area contributed by atoms with Gasteiger partial charge in [0.1, 0.15) is 5.56 Å². The quantitative estimate of drug-likeness (QED) is 0.596. The highest BCUT2D eigenvalue weighted by molar-refractivity contribution is 5.99. The second kappa shape index (κ2) is 7.06. The second-order valence-electron chi connectivity index (χ2n) is 5.61. The maximum atomic E-state index is 12.3.